The molecule has 0 amide bonds. The van der Waals surface area contributed by atoms with Crippen LogP contribution in [0, 0.1) is 5.92 Å². The summed E-state index contributed by atoms with van der Waals surface area (Å²) in [5, 5.41) is 9.40. The van der Waals surface area contributed by atoms with Gasteiger partial charge in [-0.15, -0.1) is 0 Å². The van der Waals surface area contributed by atoms with Crippen LogP contribution in [0.5, 0.6) is 0 Å². The van der Waals surface area contributed by atoms with E-state index in [9.17, 15) is 5.11 Å². The molecule has 14 heavy (non-hydrogen) atoms. The van der Waals surface area contributed by atoms with Gasteiger partial charge in [-0.05, 0) is 26.2 Å². The Morgan fingerprint density at radius 1 is 1.36 bits per heavy atom. The molecule has 0 aliphatic rings. The second kappa shape index (κ2) is 6.38. The van der Waals surface area contributed by atoms with Crippen LogP contribution in [0.15, 0.2) is 0 Å². The average Bonchev–Trinajstić information content (AvgIpc) is 2.02. The summed E-state index contributed by atoms with van der Waals surface area (Å²) in [5.74, 6) is 0.658. The fourth-order valence-electron chi connectivity index (χ4n) is 1.28. The molecule has 0 aromatic carbocycles. The van der Waals surface area contributed by atoms with Gasteiger partial charge in [-0.1, -0.05) is 13.8 Å². The zero-order valence-corrected chi connectivity index (χ0v) is 9.92. The smallest absolute Gasteiger partial charge is 0.0689 e. The summed E-state index contributed by atoms with van der Waals surface area (Å²) in [4.78, 5) is 0. The van der Waals surface area contributed by atoms with Crippen LogP contribution in [0.3, 0.4) is 0 Å². The predicted octanol–water partition coefficient (Wildman–Crippen LogP) is 1.54. The molecule has 3 heteroatoms. The summed E-state index contributed by atoms with van der Waals surface area (Å²) in [6.45, 7) is 9.38. The Hall–Kier alpha value is -0.120. The van der Waals surface area contributed by atoms with Crippen LogP contribution in [0.4, 0.5) is 0 Å². The lowest BCUT2D eigenvalue weighted by Gasteiger charge is -2.27. The Kier molecular flexibility index (Phi) is 6.33. The van der Waals surface area contributed by atoms with Crippen molar-refractivity contribution >= 4 is 0 Å². The van der Waals surface area contributed by atoms with Crippen LogP contribution in [0.25, 0.3) is 0 Å². The molecule has 3 nitrogen and oxygen atoms in total. The van der Waals surface area contributed by atoms with Crippen molar-refractivity contribution in [2.75, 3.05) is 13.2 Å². The molecule has 0 aromatic rings. The minimum Gasteiger partial charge on any atom is -0.392 e. The zero-order chi connectivity index (χ0) is 11.2. The molecule has 1 atom stereocenters. The van der Waals surface area contributed by atoms with Crippen LogP contribution >= 0.6 is 0 Å². The maximum Gasteiger partial charge on any atom is 0.0689 e. The minimum absolute atomic E-state index is 0.270. The molecular weight excluding hydrogens is 178 g/mol. The van der Waals surface area contributed by atoms with Crippen molar-refractivity contribution < 1.29 is 9.84 Å². The average molecular weight is 203 g/mol. The largest absolute Gasteiger partial charge is 0.392 e. The molecule has 0 spiro atoms. The van der Waals surface area contributed by atoms with Gasteiger partial charge in [0.25, 0.3) is 0 Å². The lowest BCUT2D eigenvalue weighted by molar-refractivity contribution is -0.0508. The summed E-state index contributed by atoms with van der Waals surface area (Å²) >= 11 is 0. The molecule has 86 valence electrons. The molecule has 0 radical (unpaired) electrons. The number of nitrogens with two attached hydrogens (primary N) is 1. The van der Waals surface area contributed by atoms with Gasteiger partial charge in [0.05, 0.1) is 11.7 Å². The maximum absolute atomic E-state index is 9.40. The Morgan fingerprint density at radius 3 is 2.36 bits per heavy atom. The first-order chi connectivity index (χ1) is 6.37. The first kappa shape index (κ1) is 13.9. The summed E-state index contributed by atoms with van der Waals surface area (Å²) in [7, 11) is 0. The van der Waals surface area contributed by atoms with Gasteiger partial charge >= 0.3 is 0 Å². The molecule has 0 saturated heterocycles. The van der Waals surface area contributed by atoms with Gasteiger partial charge in [0.2, 0.25) is 0 Å². The van der Waals surface area contributed by atoms with E-state index in [1.807, 2.05) is 13.8 Å². The van der Waals surface area contributed by atoms with E-state index in [0.29, 0.717) is 18.9 Å². The van der Waals surface area contributed by atoms with Crippen molar-refractivity contribution in [2.24, 2.45) is 11.7 Å². The van der Waals surface area contributed by atoms with Crippen molar-refractivity contribution in [3.63, 3.8) is 0 Å². The van der Waals surface area contributed by atoms with Crippen LogP contribution < -0.4 is 5.73 Å². The van der Waals surface area contributed by atoms with E-state index in [1.165, 1.54) is 0 Å². The summed E-state index contributed by atoms with van der Waals surface area (Å²) in [6, 6.07) is 0. The lowest BCUT2D eigenvalue weighted by atomic mass is 10.0. The summed E-state index contributed by atoms with van der Waals surface area (Å²) in [5.41, 5.74) is 5.08. The maximum atomic E-state index is 9.40. The molecular formula is C11H25NO2. The van der Waals surface area contributed by atoms with Crippen molar-refractivity contribution in [3.05, 3.63) is 0 Å². The third-order valence-electron chi connectivity index (χ3n) is 2.19. The van der Waals surface area contributed by atoms with Crippen LogP contribution in [0.1, 0.15) is 40.5 Å². The van der Waals surface area contributed by atoms with Crippen LogP contribution in [-0.2, 0) is 4.74 Å². The fraction of sp³-hybridized carbons (Fsp3) is 1.00. The van der Waals surface area contributed by atoms with E-state index in [0.717, 1.165) is 13.0 Å². The molecule has 3 N–H and O–H groups in total. The molecule has 0 aliphatic heterocycles. The van der Waals surface area contributed by atoms with Gasteiger partial charge < -0.3 is 15.6 Å². The van der Waals surface area contributed by atoms with Gasteiger partial charge in [-0.2, -0.15) is 0 Å². The Bertz CT molecular complexity index is 146. The number of rotatable bonds is 7. The number of aliphatic hydroxyl groups excluding tert-OH is 1. The molecule has 1 unspecified atom stereocenters. The van der Waals surface area contributed by atoms with E-state index < -0.39 is 6.10 Å². The molecule has 0 rings (SSSR count). The highest BCUT2D eigenvalue weighted by Gasteiger charge is 2.21. The highest BCUT2D eigenvalue weighted by Crippen LogP contribution is 2.17. The van der Waals surface area contributed by atoms with Gasteiger partial charge in [-0.3, -0.25) is 0 Å². The second-order valence-corrected chi connectivity index (χ2v) is 4.88. The van der Waals surface area contributed by atoms with E-state index in [1.54, 1.807) is 0 Å². The molecule has 0 fully saturated rings. The molecule has 0 heterocycles. The second-order valence-electron chi connectivity index (χ2n) is 4.88. The Labute approximate surface area is 87.6 Å². The monoisotopic (exact) mass is 203 g/mol. The molecule has 0 saturated carbocycles. The van der Waals surface area contributed by atoms with Crippen molar-refractivity contribution in [3.8, 4) is 0 Å². The standard InChI is InChI=1S/C11H25NO2/c1-9(2)5-6-14-11(3,4)7-10(13)8-12/h9-10,13H,5-8,12H2,1-4H3. The predicted molar refractivity (Wildman–Crippen MR) is 59.2 cm³/mol. The highest BCUT2D eigenvalue weighted by atomic mass is 16.5. The number of hydrogen-bond acceptors (Lipinski definition) is 3. The van der Waals surface area contributed by atoms with Crippen molar-refractivity contribution in [1.82, 2.24) is 0 Å². The third-order valence-corrected chi connectivity index (χ3v) is 2.19. The number of hydrogen-bond donors (Lipinski definition) is 2. The lowest BCUT2D eigenvalue weighted by Crippen LogP contribution is -2.34. The summed E-state index contributed by atoms with van der Waals surface area (Å²) < 4.78 is 5.70. The van der Waals surface area contributed by atoms with Gasteiger partial charge in [-0.25, -0.2) is 0 Å². The Morgan fingerprint density at radius 2 is 1.93 bits per heavy atom. The molecule has 0 aromatic heterocycles. The van der Waals surface area contributed by atoms with E-state index in [-0.39, 0.29) is 5.60 Å². The normalized spacial score (nSPS) is 14.8. The van der Waals surface area contributed by atoms with Gasteiger partial charge in [0.1, 0.15) is 0 Å². The van der Waals surface area contributed by atoms with Crippen LogP contribution in [0.2, 0.25) is 0 Å². The SMILES string of the molecule is CC(C)CCOC(C)(C)CC(O)CN. The van der Waals surface area contributed by atoms with Gasteiger partial charge in [0.15, 0.2) is 0 Å². The number of aliphatic hydroxyl groups is 1. The number of ether oxygens (including phenoxy) is 1. The third kappa shape index (κ3) is 7.30. The Balaban J connectivity index is 3.71. The fourth-order valence-corrected chi connectivity index (χ4v) is 1.28. The quantitative estimate of drug-likeness (QED) is 0.660. The van der Waals surface area contributed by atoms with Gasteiger partial charge in [0, 0.05) is 19.6 Å². The van der Waals surface area contributed by atoms with Crippen molar-refractivity contribution in [1.29, 1.82) is 0 Å². The van der Waals surface area contributed by atoms with Crippen molar-refractivity contribution in [2.45, 2.75) is 52.2 Å². The summed E-state index contributed by atoms with van der Waals surface area (Å²) in [6.07, 6.45) is 1.20. The highest BCUT2D eigenvalue weighted by molar-refractivity contribution is 4.74. The zero-order valence-electron chi connectivity index (χ0n) is 9.92. The van der Waals surface area contributed by atoms with Crippen LogP contribution in [-0.4, -0.2) is 30.0 Å². The van der Waals surface area contributed by atoms with E-state index in [2.05, 4.69) is 13.8 Å². The topological polar surface area (TPSA) is 55.5 Å². The molecule has 0 bridgehead atoms. The minimum atomic E-state index is -0.455. The van der Waals surface area contributed by atoms with E-state index >= 15 is 0 Å². The molecule has 0 aliphatic carbocycles. The van der Waals surface area contributed by atoms with E-state index in [4.69, 9.17) is 10.5 Å². The first-order valence-electron chi connectivity index (χ1n) is 5.39. The first-order valence-corrected chi connectivity index (χ1v) is 5.39.